The van der Waals surface area contributed by atoms with Crippen LogP contribution in [0.4, 0.5) is 4.39 Å². The van der Waals surface area contributed by atoms with Crippen LogP contribution in [0.1, 0.15) is 17.2 Å². The molecule has 2 aromatic carbocycles. The predicted molar refractivity (Wildman–Crippen MR) is 82.8 cm³/mol. The molecule has 0 aliphatic carbocycles. The Balaban J connectivity index is 1.90. The largest absolute Gasteiger partial charge is 0.486 e. The minimum atomic E-state index is -0.264. The number of para-hydroxylation sites is 1. The van der Waals surface area contributed by atoms with E-state index >= 15 is 0 Å². The third-order valence-corrected chi connectivity index (χ3v) is 4.80. The van der Waals surface area contributed by atoms with E-state index < -0.39 is 0 Å². The molecule has 1 aliphatic heterocycles. The molecule has 2 aromatic rings. The molecular weight excluding hydrogens is 287 g/mol. The lowest BCUT2D eigenvalue weighted by Crippen LogP contribution is -2.42. The van der Waals surface area contributed by atoms with Crippen molar-refractivity contribution < 1.29 is 9.13 Å². The van der Waals surface area contributed by atoms with Crippen LogP contribution in [0.25, 0.3) is 0 Å². The Hall–Kier alpha value is -1.56. The number of rotatable bonds is 3. The number of hydrogen-bond donors (Lipinski definition) is 2. The second-order valence-corrected chi connectivity index (χ2v) is 6.12. The van der Waals surface area contributed by atoms with Gasteiger partial charge in [-0.15, -0.1) is 11.8 Å². The van der Waals surface area contributed by atoms with E-state index in [0.717, 1.165) is 27.5 Å². The maximum atomic E-state index is 13.5. The van der Waals surface area contributed by atoms with Crippen molar-refractivity contribution in [2.24, 2.45) is 5.84 Å². The van der Waals surface area contributed by atoms with Gasteiger partial charge in [-0.25, -0.2) is 9.82 Å². The smallest absolute Gasteiger partial charge is 0.133 e. The Bertz CT molecular complexity index is 650. The van der Waals surface area contributed by atoms with Gasteiger partial charge in [0.05, 0.1) is 6.04 Å². The van der Waals surface area contributed by atoms with Gasteiger partial charge in [0.15, 0.2) is 0 Å². The molecule has 21 heavy (non-hydrogen) atoms. The zero-order valence-electron chi connectivity index (χ0n) is 11.7. The summed E-state index contributed by atoms with van der Waals surface area (Å²) in [6.45, 7) is 1.95. The molecule has 3 nitrogen and oxygen atoms in total. The number of nitrogens with one attached hydrogen (secondary N) is 1. The summed E-state index contributed by atoms with van der Waals surface area (Å²) < 4.78 is 19.6. The Morgan fingerprint density at radius 1 is 1.33 bits per heavy atom. The number of ether oxygens (including phenoxy) is 1. The summed E-state index contributed by atoms with van der Waals surface area (Å²) in [5.41, 5.74) is 4.61. The summed E-state index contributed by atoms with van der Waals surface area (Å²) in [6.07, 6.45) is -0.143. The van der Waals surface area contributed by atoms with Crippen LogP contribution in [0, 0.1) is 12.7 Å². The Kier molecular flexibility index (Phi) is 4.14. The first-order valence-electron chi connectivity index (χ1n) is 6.79. The molecule has 0 saturated carbocycles. The minimum Gasteiger partial charge on any atom is -0.486 e. The summed E-state index contributed by atoms with van der Waals surface area (Å²) >= 11 is 1.73. The number of hydrazine groups is 1. The Labute approximate surface area is 127 Å². The van der Waals surface area contributed by atoms with Crippen molar-refractivity contribution in [2.45, 2.75) is 24.0 Å². The number of thioether (sulfide) groups is 1. The van der Waals surface area contributed by atoms with E-state index in [2.05, 4.69) is 5.43 Å². The molecule has 3 N–H and O–H groups in total. The predicted octanol–water partition coefficient (Wildman–Crippen LogP) is 3.19. The number of halogens is 1. The van der Waals surface area contributed by atoms with E-state index in [1.54, 1.807) is 17.8 Å². The van der Waals surface area contributed by atoms with Crippen LogP contribution in [0.15, 0.2) is 47.4 Å². The molecule has 1 heterocycles. The van der Waals surface area contributed by atoms with Gasteiger partial charge in [0.1, 0.15) is 17.7 Å². The first kappa shape index (κ1) is 14.4. The summed E-state index contributed by atoms with van der Waals surface area (Å²) in [5.74, 6) is 7.07. The molecule has 0 radical (unpaired) electrons. The normalized spacial score (nSPS) is 18.7. The number of nitrogens with two attached hydrogens (primary N) is 1. The molecule has 0 bridgehead atoms. The van der Waals surface area contributed by atoms with Gasteiger partial charge in [-0.2, -0.15) is 0 Å². The Morgan fingerprint density at radius 3 is 2.95 bits per heavy atom. The van der Waals surface area contributed by atoms with Crippen LogP contribution in [-0.2, 0) is 0 Å². The number of benzene rings is 2. The van der Waals surface area contributed by atoms with Gasteiger partial charge in [0.25, 0.3) is 0 Å². The second kappa shape index (κ2) is 6.05. The van der Waals surface area contributed by atoms with Crippen LogP contribution < -0.4 is 16.0 Å². The van der Waals surface area contributed by atoms with Crippen molar-refractivity contribution in [3.8, 4) is 5.75 Å². The van der Waals surface area contributed by atoms with Gasteiger partial charge in [0, 0.05) is 10.6 Å². The lowest BCUT2D eigenvalue weighted by atomic mass is 9.97. The molecular formula is C16H17FN2OS. The van der Waals surface area contributed by atoms with E-state index in [4.69, 9.17) is 10.6 Å². The van der Waals surface area contributed by atoms with E-state index in [-0.39, 0.29) is 18.0 Å². The highest BCUT2D eigenvalue weighted by atomic mass is 32.2. The molecule has 5 heteroatoms. The van der Waals surface area contributed by atoms with Crippen molar-refractivity contribution in [1.82, 2.24) is 5.43 Å². The zero-order valence-corrected chi connectivity index (χ0v) is 12.5. The van der Waals surface area contributed by atoms with E-state index in [9.17, 15) is 4.39 Å². The van der Waals surface area contributed by atoms with Crippen LogP contribution in [0.3, 0.4) is 0 Å². The zero-order chi connectivity index (χ0) is 14.8. The first-order chi connectivity index (χ1) is 10.2. The van der Waals surface area contributed by atoms with Crippen LogP contribution in [-0.4, -0.2) is 11.9 Å². The molecule has 0 amide bonds. The molecule has 0 spiro atoms. The highest BCUT2D eigenvalue weighted by Gasteiger charge is 2.29. The highest BCUT2D eigenvalue weighted by molar-refractivity contribution is 7.99. The first-order valence-corrected chi connectivity index (χ1v) is 7.78. The van der Waals surface area contributed by atoms with E-state index in [0.29, 0.717) is 0 Å². The van der Waals surface area contributed by atoms with Gasteiger partial charge in [-0.3, -0.25) is 5.84 Å². The molecule has 0 aromatic heterocycles. The summed E-state index contributed by atoms with van der Waals surface area (Å²) in [4.78, 5) is 1.13. The molecule has 110 valence electrons. The molecule has 2 atom stereocenters. The van der Waals surface area contributed by atoms with Crippen LogP contribution >= 0.6 is 11.8 Å². The highest BCUT2D eigenvalue weighted by Crippen LogP contribution is 2.38. The van der Waals surface area contributed by atoms with Crippen molar-refractivity contribution in [3.63, 3.8) is 0 Å². The number of fused-ring (bicyclic) bond motifs is 1. The van der Waals surface area contributed by atoms with E-state index in [1.165, 1.54) is 12.1 Å². The molecule has 0 saturated heterocycles. The topological polar surface area (TPSA) is 47.3 Å². The maximum absolute atomic E-state index is 13.5. The molecule has 3 rings (SSSR count). The third kappa shape index (κ3) is 2.90. The summed E-state index contributed by atoms with van der Waals surface area (Å²) in [5, 5.41) is 0. The van der Waals surface area contributed by atoms with Crippen LogP contribution in [0.5, 0.6) is 5.75 Å². The fourth-order valence-corrected chi connectivity index (χ4v) is 3.58. The quantitative estimate of drug-likeness (QED) is 0.675. The lowest BCUT2D eigenvalue weighted by Gasteiger charge is -2.32. The molecule has 1 aliphatic rings. The van der Waals surface area contributed by atoms with E-state index in [1.807, 2.05) is 31.2 Å². The fraction of sp³-hybridized carbons (Fsp3) is 0.250. The van der Waals surface area contributed by atoms with Gasteiger partial charge in [0.2, 0.25) is 0 Å². The van der Waals surface area contributed by atoms with Crippen molar-refractivity contribution in [1.29, 1.82) is 0 Å². The van der Waals surface area contributed by atoms with Crippen molar-refractivity contribution >= 4 is 11.8 Å². The van der Waals surface area contributed by atoms with Crippen molar-refractivity contribution in [3.05, 3.63) is 59.4 Å². The fourth-order valence-electron chi connectivity index (χ4n) is 2.54. The summed E-state index contributed by atoms with van der Waals surface area (Å²) in [7, 11) is 0. The number of aryl methyl sites for hydroxylation is 1. The second-order valence-electron chi connectivity index (χ2n) is 5.06. The maximum Gasteiger partial charge on any atom is 0.133 e. The molecule has 2 unspecified atom stereocenters. The molecule has 0 fully saturated rings. The van der Waals surface area contributed by atoms with Gasteiger partial charge >= 0.3 is 0 Å². The standard InChI is InChI=1S/C16H17FN2OS/c1-10-6-7-11(17)8-12(10)16(19-18)14-9-21-15-5-3-2-4-13(15)20-14/h2-8,14,16,19H,9,18H2,1H3. The average Bonchev–Trinajstić information content (AvgIpc) is 2.51. The Morgan fingerprint density at radius 2 is 2.14 bits per heavy atom. The third-order valence-electron chi connectivity index (χ3n) is 3.66. The number of hydrogen-bond acceptors (Lipinski definition) is 4. The van der Waals surface area contributed by atoms with Crippen LogP contribution in [0.2, 0.25) is 0 Å². The van der Waals surface area contributed by atoms with Crippen molar-refractivity contribution in [2.75, 3.05) is 5.75 Å². The average molecular weight is 304 g/mol. The van der Waals surface area contributed by atoms with Gasteiger partial charge < -0.3 is 4.74 Å². The monoisotopic (exact) mass is 304 g/mol. The SMILES string of the molecule is Cc1ccc(F)cc1C(NN)C1CSc2ccccc2O1. The summed E-state index contributed by atoms with van der Waals surface area (Å²) in [6, 6.07) is 12.4. The lowest BCUT2D eigenvalue weighted by molar-refractivity contribution is 0.166. The van der Waals surface area contributed by atoms with Gasteiger partial charge in [-0.05, 0) is 42.3 Å². The van der Waals surface area contributed by atoms with Gasteiger partial charge in [-0.1, -0.05) is 18.2 Å². The minimum absolute atomic E-state index is 0.143.